The lowest BCUT2D eigenvalue weighted by Crippen LogP contribution is -2.42. The van der Waals surface area contributed by atoms with Gasteiger partial charge in [-0.05, 0) is 13.3 Å². The Kier molecular flexibility index (Phi) is 5.03. The number of carbonyl (C=O) groups excluding carboxylic acids is 2. The van der Waals surface area contributed by atoms with Crippen molar-refractivity contribution in [2.45, 2.75) is 25.8 Å². The molecule has 0 aliphatic heterocycles. The van der Waals surface area contributed by atoms with Crippen molar-refractivity contribution in [1.82, 2.24) is 5.32 Å². The van der Waals surface area contributed by atoms with Crippen LogP contribution in [0.5, 0.6) is 0 Å². The molecule has 0 heterocycles. The Morgan fingerprint density at radius 3 is 2.58 bits per heavy atom. The quantitative estimate of drug-likeness (QED) is 0.486. The third-order valence-electron chi connectivity index (χ3n) is 1.37. The molecule has 70 valence electrons. The molecule has 2 amide bonds. The Labute approximate surface area is 70.9 Å². The van der Waals surface area contributed by atoms with E-state index in [9.17, 15) is 9.59 Å². The van der Waals surface area contributed by atoms with Gasteiger partial charge in [-0.2, -0.15) is 0 Å². The molecule has 0 aromatic heterocycles. The molecule has 4 N–H and O–H groups in total. The van der Waals surface area contributed by atoms with E-state index in [0.717, 1.165) is 0 Å². The predicted octanol–water partition coefficient (Wildman–Crippen LogP) is -1.25. The van der Waals surface area contributed by atoms with Gasteiger partial charge >= 0.3 is 0 Å². The Morgan fingerprint density at radius 1 is 1.58 bits per heavy atom. The number of hydrogen-bond donors (Lipinski definition) is 3. The number of carbonyl (C=O) groups is 2. The summed E-state index contributed by atoms with van der Waals surface area (Å²) in [6.07, 6.45) is 0.617. The van der Waals surface area contributed by atoms with E-state index >= 15 is 0 Å². The van der Waals surface area contributed by atoms with E-state index < -0.39 is 11.9 Å². The van der Waals surface area contributed by atoms with E-state index in [4.69, 9.17) is 10.8 Å². The molecular formula is C7H14N2O3. The van der Waals surface area contributed by atoms with E-state index in [0.29, 0.717) is 6.42 Å². The van der Waals surface area contributed by atoms with Crippen LogP contribution in [0.3, 0.4) is 0 Å². The van der Waals surface area contributed by atoms with Crippen LogP contribution in [-0.4, -0.2) is 29.6 Å². The van der Waals surface area contributed by atoms with Crippen molar-refractivity contribution in [3.05, 3.63) is 0 Å². The highest BCUT2D eigenvalue weighted by Gasteiger charge is 2.10. The number of nitrogens with one attached hydrogen (secondary N) is 1. The first kappa shape index (κ1) is 10.9. The van der Waals surface area contributed by atoms with E-state index in [1.165, 1.54) is 6.92 Å². The third kappa shape index (κ3) is 4.68. The number of amides is 2. The van der Waals surface area contributed by atoms with Crippen LogP contribution in [0.25, 0.3) is 0 Å². The maximum absolute atomic E-state index is 10.9. The van der Waals surface area contributed by atoms with Gasteiger partial charge in [0.15, 0.2) is 0 Å². The molecule has 1 unspecified atom stereocenters. The fraction of sp³-hybridized carbons (Fsp3) is 0.714. The molecule has 0 saturated heterocycles. The van der Waals surface area contributed by atoms with Gasteiger partial charge in [-0.15, -0.1) is 0 Å². The highest BCUT2D eigenvalue weighted by molar-refractivity contribution is 5.86. The second-order valence-corrected chi connectivity index (χ2v) is 2.52. The van der Waals surface area contributed by atoms with Crippen LogP contribution >= 0.6 is 0 Å². The molecule has 5 heteroatoms. The zero-order valence-electron chi connectivity index (χ0n) is 7.04. The standard InChI is InChI=1S/C7H14N2O3/c1-5(7(8)12)9-6(11)3-2-4-10/h5,10H,2-4H2,1H3,(H2,8,12)(H,9,11). The number of nitrogens with two attached hydrogens (primary N) is 1. The van der Waals surface area contributed by atoms with Crippen molar-refractivity contribution in [3.63, 3.8) is 0 Å². The van der Waals surface area contributed by atoms with Crippen molar-refractivity contribution in [1.29, 1.82) is 0 Å². The summed E-state index contributed by atoms with van der Waals surface area (Å²) < 4.78 is 0. The van der Waals surface area contributed by atoms with Gasteiger partial charge in [-0.1, -0.05) is 0 Å². The lowest BCUT2D eigenvalue weighted by atomic mass is 10.2. The van der Waals surface area contributed by atoms with E-state index in [-0.39, 0.29) is 18.9 Å². The monoisotopic (exact) mass is 174 g/mol. The van der Waals surface area contributed by atoms with Gasteiger partial charge in [0, 0.05) is 13.0 Å². The van der Waals surface area contributed by atoms with Crippen LogP contribution in [0.1, 0.15) is 19.8 Å². The number of aliphatic hydroxyl groups excluding tert-OH is 1. The Bertz CT molecular complexity index is 170. The highest BCUT2D eigenvalue weighted by atomic mass is 16.3. The Morgan fingerprint density at radius 2 is 2.17 bits per heavy atom. The minimum atomic E-state index is -0.642. The third-order valence-corrected chi connectivity index (χ3v) is 1.37. The van der Waals surface area contributed by atoms with Crippen molar-refractivity contribution in [3.8, 4) is 0 Å². The molecule has 0 aliphatic carbocycles. The Hall–Kier alpha value is -1.10. The average molecular weight is 174 g/mol. The first-order chi connectivity index (χ1) is 5.57. The van der Waals surface area contributed by atoms with Gasteiger partial charge < -0.3 is 16.2 Å². The van der Waals surface area contributed by atoms with Gasteiger partial charge in [-0.25, -0.2) is 0 Å². The van der Waals surface area contributed by atoms with Crippen LogP contribution < -0.4 is 11.1 Å². The van der Waals surface area contributed by atoms with Crippen molar-refractivity contribution in [2.75, 3.05) is 6.61 Å². The topological polar surface area (TPSA) is 92.4 Å². The van der Waals surface area contributed by atoms with E-state index in [1.54, 1.807) is 0 Å². The molecule has 0 saturated carbocycles. The van der Waals surface area contributed by atoms with Crippen LogP contribution in [0, 0.1) is 0 Å². The van der Waals surface area contributed by atoms with Crippen molar-refractivity contribution in [2.24, 2.45) is 5.73 Å². The van der Waals surface area contributed by atoms with Crippen LogP contribution in [0.15, 0.2) is 0 Å². The SMILES string of the molecule is CC(NC(=O)CCCO)C(N)=O. The van der Waals surface area contributed by atoms with Crippen molar-refractivity contribution < 1.29 is 14.7 Å². The zero-order valence-corrected chi connectivity index (χ0v) is 7.04. The lowest BCUT2D eigenvalue weighted by molar-refractivity contribution is -0.127. The van der Waals surface area contributed by atoms with Crippen molar-refractivity contribution >= 4 is 11.8 Å². The number of primary amides is 1. The Balaban J connectivity index is 3.61. The van der Waals surface area contributed by atoms with E-state index in [1.807, 2.05) is 0 Å². The smallest absolute Gasteiger partial charge is 0.239 e. The van der Waals surface area contributed by atoms with Gasteiger partial charge in [0.05, 0.1) is 0 Å². The molecule has 0 spiro atoms. The summed E-state index contributed by atoms with van der Waals surface area (Å²) in [6.45, 7) is 1.48. The number of aliphatic hydroxyl groups is 1. The molecule has 0 bridgehead atoms. The van der Waals surface area contributed by atoms with Crippen LogP contribution in [0.4, 0.5) is 0 Å². The molecule has 0 rings (SSSR count). The maximum Gasteiger partial charge on any atom is 0.239 e. The fourth-order valence-corrected chi connectivity index (χ4v) is 0.624. The lowest BCUT2D eigenvalue weighted by Gasteiger charge is -2.08. The van der Waals surface area contributed by atoms with Crippen LogP contribution in [-0.2, 0) is 9.59 Å². The minimum absolute atomic E-state index is 0.0294. The maximum atomic E-state index is 10.9. The summed E-state index contributed by atoms with van der Waals surface area (Å²) in [5.74, 6) is -0.831. The molecule has 0 fully saturated rings. The minimum Gasteiger partial charge on any atom is -0.396 e. The number of rotatable bonds is 5. The highest BCUT2D eigenvalue weighted by Crippen LogP contribution is 1.88. The molecule has 0 aromatic carbocycles. The summed E-state index contributed by atoms with van der Waals surface area (Å²) in [4.78, 5) is 21.4. The van der Waals surface area contributed by atoms with Gasteiger partial charge in [0.25, 0.3) is 0 Å². The molecule has 0 radical (unpaired) electrons. The van der Waals surface area contributed by atoms with E-state index in [2.05, 4.69) is 5.32 Å². The summed E-state index contributed by atoms with van der Waals surface area (Å²) in [7, 11) is 0. The summed E-state index contributed by atoms with van der Waals surface area (Å²) >= 11 is 0. The summed E-state index contributed by atoms with van der Waals surface area (Å²) in [5.41, 5.74) is 4.91. The summed E-state index contributed by atoms with van der Waals surface area (Å²) in [6, 6.07) is -0.642. The number of hydrogen-bond acceptors (Lipinski definition) is 3. The van der Waals surface area contributed by atoms with Gasteiger partial charge in [0.1, 0.15) is 6.04 Å². The molecule has 0 aliphatic rings. The molecule has 1 atom stereocenters. The van der Waals surface area contributed by atoms with Gasteiger partial charge in [0.2, 0.25) is 11.8 Å². The fourth-order valence-electron chi connectivity index (χ4n) is 0.624. The largest absolute Gasteiger partial charge is 0.396 e. The van der Waals surface area contributed by atoms with Gasteiger partial charge in [-0.3, -0.25) is 9.59 Å². The zero-order chi connectivity index (χ0) is 9.56. The summed E-state index contributed by atoms with van der Waals surface area (Å²) in [5, 5.41) is 10.8. The van der Waals surface area contributed by atoms with Crippen LogP contribution in [0.2, 0.25) is 0 Å². The first-order valence-corrected chi connectivity index (χ1v) is 3.77. The predicted molar refractivity (Wildman–Crippen MR) is 43.1 cm³/mol. The molecule has 12 heavy (non-hydrogen) atoms. The average Bonchev–Trinajstić information content (AvgIpc) is 2.00. The molecular weight excluding hydrogens is 160 g/mol. The second kappa shape index (κ2) is 5.54. The first-order valence-electron chi connectivity index (χ1n) is 3.77. The normalized spacial score (nSPS) is 12.2. The molecule has 5 nitrogen and oxygen atoms in total. The second-order valence-electron chi connectivity index (χ2n) is 2.52. The molecule has 0 aromatic rings.